The van der Waals surface area contributed by atoms with Crippen molar-refractivity contribution in [1.82, 2.24) is 0 Å². The molecule has 0 fully saturated rings. The number of hydrogen-bond donors (Lipinski definition) is 5. The molecule has 0 aliphatic rings. The Morgan fingerprint density at radius 3 is 2.19 bits per heavy atom. The predicted octanol–water partition coefficient (Wildman–Crippen LogP) is 0.509. The summed E-state index contributed by atoms with van der Waals surface area (Å²) >= 11 is 0. The molecule has 0 aromatic rings. The number of phosphoric ester groups is 1. The first-order valence-electron chi connectivity index (χ1n) is 6.45. The van der Waals surface area contributed by atoms with Crippen LogP contribution in [0.25, 0.3) is 0 Å². The van der Waals surface area contributed by atoms with E-state index < -0.39 is 41.7 Å². The van der Waals surface area contributed by atoms with Gasteiger partial charge in [0.25, 0.3) is 0 Å². The van der Waals surface area contributed by atoms with Crippen molar-refractivity contribution in [1.29, 1.82) is 0 Å². The summed E-state index contributed by atoms with van der Waals surface area (Å²) in [5.41, 5.74) is -1.43. The first kappa shape index (κ1) is 21.3. The molecule has 0 rings (SSSR count). The third-order valence-electron chi connectivity index (χ3n) is 2.64. The molecule has 0 aliphatic heterocycles. The minimum absolute atomic E-state index is 0.320. The van der Waals surface area contributed by atoms with Crippen molar-refractivity contribution in [2.45, 2.75) is 26.2 Å². The molecule has 0 bridgehead atoms. The number of aliphatic hydroxyl groups excluding tert-OH is 2. The zero-order chi connectivity index (χ0) is 16.4. The van der Waals surface area contributed by atoms with Gasteiger partial charge >= 0.3 is 16.4 Å². The molecule has 0 aliphatic carbocycles. The quantitative estimate of drug-likeness (QED) is 0.237. The standard InChI is InChI=1S/C10H24O9P2/c1-2-3-4-5-17-20(13)18-8-10(6-11,7-12)9-19-21(14,15)16/h11-13H,2-9H2,1H3,(H2,14,15,16). The Morgan fingerprint density at radius 2 is 1.71 bits per heavy atom. The summed E-state index contributed by atoms with van der Waals surface area (Å²) in [6.45, 7) is 0.0840. The SMILES string of the molecule is CCCCCOP(O)OCC(CO)(CO)COP(=O)(O)O. The van der Waals surface area contributed by atoms with Crippen molar-refractivity contribution in [3.05, 3.63) is 0 Å². The van der Waals surface area contributed by atoms with Gasteiger partial charge < -0.3 is 33.9 Å². The molecule has 0 radical (unpaired) electrons. The van der Waals surface area contributed by atoms with E-state index in [0.29, 0.717) is 6.61 Å². The normalized spacial score (nSPS) is 14.4. The summed E-state index contributed by atoms with van der Waals surface area (Å²) in [6, 6.07) is 0. The van der Waals surface area contributed by atoms with Crippen LogP contribution in [0.3, 0.4) is 0 Å². The highest BCUT2D eigenvalue weighted by atomic mass is 31.2. The van der Waals surface area contributed by atoms with E-state index in [1.165, 1.54) is 0 Å². The van der Waals surface area contributed by atoms with Crippen LogP contribution in [0.5, 0.6) is 0 Å². The lowest BCUT2D eigenvalue weighted by Gasteiger charge is -2.29. The fraction of sp³-hybridized carbons (Fsp3) is 1.00. The molecule has 0 aromatic heterocycles. The molecule has 0 heterocycles. The van der Waals surface area contributed by atoms with Crippen LogP contribution in [0.4, 0.5) is 0 Å². The minimum Gasteiger partial charge on any atom is -0.396 e. The lowest BCUT2D eigenvalue weighted by molar-refractivity contribution is -0.0285. The Bertz CT molecular complexity index is 305. The second-order valence-corrected chi connectivity index (χ2v) is 6.86. The first-order chi connectivity index (χ1) is 9.78. The van der Waals surface area contributed by atoms with Crippen LogP contribution in [0.15, 0.2) is 0 Å². The molecule has 128 valence electrons. The van der Waals surface area contributed by atoms with Crippen LogP contribution in [0.2, 0.25) is 0 Å². The van der Waals surface area contributed by atoms with E-state index in [1.54, 1.807) is 0 Å². The van der Waals surface area contributed by atoms with Gasteiger partial charge in [-0.2, -0.15) is 0 Å². The Kier molecular flexibility index (Phi) is 11.1. The van der Waals surface area contributed by atoms with Gasteiger partial charge in [-0.05, 0) is 6.42 Å². The summed E-state index contributed by atoms with van der Waals surface area (Å²) in [7, 11) is -6.91. The van der Waals surface area contributed by atoms with Crippen LogP contribution >= 0.6 is 16.4 Å². The lowest BCUT2D eigenvalue weighted by Crippen LogP contribution is -2.39. The van der Waals surface area contributed by atoms with Gasteiger partial charge in [-0.15, -0.1) is 0 Å². The highest BCUT2D eigenvalue weighted by Gasteiger charge is 2.34. The molecule has 0 aromatic carbocycles. The van der Waals surface area contributed by atoms with Gasteiger partial charge in [0.05, 0.1) is 38.4 Å². The van der Waals surface area contributed by atoms with Crippen molar-refractivity contribution < 1.29 is 43.0 Å². The maximum atomic E-state index is 10.6. The number of rotatable bonds is 13. The van der Waals surface area contributed by atoms with Crippen molar-refractivity contribution in [2.75, 3.05) is 33.0 Å². The van der Waals surface area contributed by atoms with Gasteiger partial charge in [0.2, 0.25) is 0 Å². The van der Waals surface area contributed by atoms with Crippen molar-refractivity contribution >= 4 is 16.4 Å². The molecule has 5 N–H and O–H groups in total. The first-order valence-corrected chi connectivity index (χ1v) is 9.11. The molecule has 9 nitrogen and oxygen atoms in total. The zero-order valence-electron chi connectivity index (χ0n) is 11.9. The third kappa shape index (κ3) is 10.7. The predicted molar refractivity (Wildman–Crippen MR) is 75.2 cm³/mol. The van der Waals surface area contributed by atoms with Gasteiger partial charge in [0, 0.05) is 0 Å². The highest BCUT2D eigenvalue weighted by Crippen LogP contribution is 2.40. The molecular weight excluding hydrogens is 326 g/mol. The molecule has 21 heavy (non-hydrogen) atoms. The fourth-order valence-corrected chi connectivity index (χ4v) is 2.41. The second kappa shape index (κ2) is 11.0. The molecule has 0 saturated heterocycles. The van der Waals surface area contributed by atoms with Crippen LogP contribution in [-0.2, 0) is 18.1 Å². The molecule has 0 amide bonds. The van der Waals surface area contributed by atoms with Crippen LogP contribution in [0, 0.1) is 5.41 Å². The van der Waals surface area contributed by atoms with E-state index in [0.717, 1.165) is 19.3 Å². The van der Waals surface area contributed by atoms with Crippen LogP contribution in [0.1, 0.15) is 26.2 Å². The average Bonchev–Trinajstić information content (AvgIpc) is 2.43. The summed E-state index contributed by atoms with van der Waals surface area (Å²) < 4.78 is 24.9. The van der Waals surface area contributed by atoms with Crippen molar-refractivity contribution in [3.8, 4) is 0 Å². The zero-order valence-corrected chi connectivity index (χ0v) is 13.7. The lowest BCUT2D eigenvalue weighted by atomic mass is 9.93. The van der Waals surface area contributed by atoms with Gasteiger partial charge in [-0.1, -0.05) is 19.8 Å². The van der Waals surface area contributed by atoms with Crippen molar-refractivity contribution in [2.24, 2.45) is 5.41 Å². The Labute approximate surface area is 125 Å². The Morgan fingerprint density at radius 1 is 1.10 bits per heavy atom. The van der Waals surface area contributed by atoms with Gasteiger partial charge in [-0.3, -0.25) is 4.52 Å². The summed E-state index contributed by atoms with van der Waals surface area (Å²) in [5, 5.41) is 18.5. The van der Waals surface area contributed by atoms with Gasteiger partial charge in [-0.25, -0.2) is 4.57 Å². The second-order valence-electron chi connectivity index (χ2n) is 4.63. The molecule has 0 spiro atoms. The van der Waals surface area contributed by atoms with E-state index in [2.05, 4.69) is 4.52 Å². The van der Waals surface area contributed by atoms with E-state index in [1.807, 2.05) is 6.92 Å². The highest BCUT2D eigenvalue weighted by molar-refractivity contribution is 7.46. The molecule has 1 unspecified atom stereocenters. The van der Waals surface area contributed by atoms with Crippen LogP contribution < -0.4 is 0 Å². The number of phosphoric acid groups is 1. The minimum atomic E-state index is -4.73. The van der Waals surface area contributed by atoms with Gasteiger partial charge in [0.15, 0.2) is 0 Å². The molecular formula is C10H24O9P2. The summed E-state index contributed by atoms with van der Waals surface area (Å²) in [6.07, 6.45) is 2.73. The Balaban J connectivity index is 4.21. The van der Waals surface area contributed by atoms with E-state index in [-0.39, 0.29) is 6.61 Å². The maximum Gasteiger partial charge on any atom is 0.469 e. The Hall–Kier alpha value is 0.340. The average molecular weight is 350 g/mol. The summed E-state index contributed by atoms with van der Waals surface area (Å²) in [5.74, 6) is 0. The van der Waals surface area contributed by atoms with Gasteiger partial charge in [0.1, 0.15) is 0 Å². The monoisotopic (exact) mass is 350 g/mol. The molecule has 11 heteroatoms. The fourth-order valence-electron chi connectivity index (χ4n) is 1.22. The van der Waals surface area contributed by atoms with E-state index in [4.69, 9.17) is 18.8 Å². The number of unbranched alkanes of at least 4 members (excludes halogenated alkanes) is 2. The van der Waals surface area contributed by atoms with Crippen molar-refractivity contribution in [3.63, 3.8) is 0 Å². The number of aliphatic hydroxyl groups is 2. The molecule has 1 atom stereocenters. The van der Waals surface area contributed by atoms with E-state index >= 15 is 0 Å². The maximum absolute atomic E-state index is 10.6. The molecule has 0 saturated carbocycles. The number of hydrogen-bond acceptors (Lipinski definition) is 7. The topological polar surface area (TPSA) is 146 Å². The summed E-state index contributed by atoms with van der Waals surface area (Å²) in [4.78, 5) is 26.8. The van der Waals surface area contributed by atoms with Crippen LogP contribution in [-0.4, -0.2) is 57.9 Å². The van der Waals surface area contributed by atoms with E-state index in [9.17, 15) is 19.7 Å². The third-order valence-corrected chi connectivity index (χ3v) is 3.86. The smallest absolute Gasteiger partial charge is 0.396 e. The largest absolute Gasteiger partial charge is 0.469 e.